The van der Waals surface area contributed by atoms with Crippen molar-refractivity contribution in [1.29, 1.82) is 0 Å². The van der Waals surface area contributed by atoms with Crippen LogP contribution in [0.1, 0.15) is 27.6 Å². The van der Waals surface area contributed by atoms with Crippen LogP contribution in [0.3, 0.4) is 0 Å². The van der Waals surface area contributed by atoms with E-state index in [1.54, 1.807) is 31.8 Å². The third kappa shape index (κ3) is 3.83. The molecule has 4 heterocycles. The average molecular weight is 407 g/mol. The molecular formula is C21H25N7O2. The summed E-state index contributed by atoms with van der Waals surface area (Å²) in [6, 6.07) is 5.43. The SMILES string of the molecule is COc1ccc(C(=O)N2CCN(c3cc(-n4cnc(C)c4C)nc(C)n3)CC2)cn1. The van der Waals surface area contributed by atoms with Crippen molar-refractivity contribution in [1.82, 2.24) is 29.4 Å². The third-order valence-electron chi connectivity index (χ3n) is 5.39. The van der Waals surface area contributed by atoms with Gasteiger partial charge in [-0.25, -0.2) is 19.9 Å². The molecule has 0 atom stereocenters. The second-order valence-corrected chi connectivity index (χ2v) is 7.29. The Morgan fingerprint density at radius 1 is 1.00 bits per heavy atom. The topological polar surface area (TPSA) is 89.3 Å². The summed E-state index contributed by atoms with van der Waals surface area (Å²) < 4.78 is 7.03. The third-order valence-corrected chi connectivity index (χ3v) is 5.39. The lowest BCUT2D eigenvalue weighted by Gasteiger charge is -2.35. The maximum absolute atomic E-state index is 12.8. The minimum atomic E-state index is -0.0196. The molecule has 1 aliphatic rings. The first-order valence-corrected chi connectivity index (χ1v) is 9.87. The lowest BCUT2D eigenvalue weighted by atomic mass is 10.2. The predicted molar refractivity (Wildman–Crippen MR) is 112 cm³/mol. The Morgan fingerprint density at radius 3 is 2.33 bits per heavy atom. The molecule has 30 heavy (non-hydrogen) atoms. The molecule has 4 rings (SSSR count). The monoisotopic (exact) mass is 407 g/mol. The van der Waals surface area contributed by atoms with E-state index < -0.39 is 0 Å². The highest BCUT2D eigenvalue weighted by Gasteiger charge is 2.24. The molecule has 9 nitrogen and oxygen atoms in total. The van der Waals surface area contributed by atoms with E-state index in [2.05, 4.69) is 24.8 Å². The van der Waals surface area contributed by atoms with E-state index in [0.29, 0.717) is 43.4 Å². The molecule has 1 amide bonds. The molecule has 1 saturated heterocycles. The van der Waals surface area contributed by atoms with Crippen LogP contribution < -0.4 is 9.64 Å². The molecule has 0 aromatic carbocycles. The van der Waals surface area contributed by atoms with E-state index in [0.717, 1.165) is 23.0 Å². The van der Waals surface area contributed by atoms with Crippen molar-refractivity contribution in [2.75, 3.05) is 38.2 Å². The van der Waals surface area contributed by atoms with Crippen molar-refractivity contribution < 1.29 is 9.53 Å². The van der Waals surface area contributed by atoms with E-state index in [4.69, 9.17) is 4.74 Å². The number of ether oxygens (including phenoxy) is 1. The predicted octanol–water partition coefficient (Wildman–Crippen LogP) is 1.95. The van der Waals surface area contributed by atoms with Gasteiger partial charge in [-0.05, 0) is 26.8 Å². The second kappa shape index (κ2) is 8.10. The van der Waals surface area contributed by atoms with Crippen LogP contribution in [-0.4, -0.2) is 68.6 Å². The van der Waals surface area contributed by atoms with Gasteiger partial charge < -0.3 is 14.5 Å². The normalized spacial score (nSPS) is 14.1. The van der Waals surface area contributed by atoms with Crippen LogP contribution in [-0.2, 0) is 0 Å². The van der Waals surface area contributed by atoms with Gasteiger partial charge in [0.25, 0.3) is 5.91 Å². The molecule has 156 valence electrons. The van der Waals surface area contributed by atoms with Gasteiger partial charge in [0.15, 0.2) is 0 Å². The maximum Gasteiger partial charge on any atom is 0.255 e. The highest BCUT2D eigenvalue weighted by molar-refractivity contribution is 5.94. The number of hydrogen-bond acceptors (Lipinski definition) is 7. The van der Waals surface area contributed by atoms with E-state index >= 15 is 0 Å². The number of rotatable bonds is 4. The molecule has 0 saturated carbocycles. The highest BCUT2D eigenvalue weighted by atomic mass is 16.5. The van der Waals surface area contributed by atoms with Crippen LogP contribution in [0, 0.1) is 20.8 Å². The number of methoxy groups -OCH3 is 1. The summed E-state index contributed by atoms with van der Waals surface area (Å²) in [6.45, 7) is 8.54. The number of aromatic nitrogens is 5. The summed E-state index contributed by atoms with van der Waals surface area (Å²) in [7, 11) is 1.55. The Balaban J connectivity index is 1.47. The fraction of sp³-hybridized carbons (Fsp3) is 0.381. The van der Waals surface area contributed by atoms with E-state index in [9.17, 15) is 4.79 Å². The lowest BCUT2D eigenvalue weighted by molar-refractivity contribution is 0.0746. The number of amides is 1. The van der Waals surface area contributed by atoms with Crippen molar-refractivity contribution in [2.24, 2.45) is 0 Å². The summed E-state index contributed by atoms with van der Waals surface area (Å²) in [4.78, 5) is 34.5. The van der Waals surface area contributed by atoms with Crippen molar-refractivity contribution in [3.8, 4) is 11.7 Å². The molecule has 0 radical (unpaired) electrons. The van der Waals surface area contributed by atoms with Crippen LogP contribution in [0.15, 0.2) is 30.7 Å². The second-order valence-electron chi connectivity index (χ2n) is 7.29. The summed E-state index contributed by atoms with van der Waals surface area (Å²) in [5, 5.41) is 0. The van der Waals surface area contributed by atoms with Gasteiger partial charge >= 0.3 is 0 Å². The summed E-state index contributed by atoms with van der Waals surface area (Å²) in [5.74, 6) is 2.85. The van der Waals surface area contributed by atoms with Gasteiger partial charge in [0.05, 0.1) is 18.4 Å². The number of aryl methyl sites for hydroxylation is 2. The Labute approximate surface area is 175 Å². The fourth-order valence-corrected chi connectivity index (χ4v) is 3.50. The zero-order chi connectivity index (χ0) is 21.3. The molecule has 1 aliphatic heterocycles. The first-order valence-electron chi connectivity index (χ1n) is 9.87. The zero-order valence-corrected chi connectivity index (χ0v) is 17.7. The molecule has 9 heteroatoms. The largest absolute Gasteiger partial charge is 0.481 e. The Hall–Kier alpha value is -3.49. The van der Waals surface area contributed by atoms with E-state index in [-0.39, 0.29) is 5.91 Å². The molecule has 1 fully saturated rings. The Kier molecular flexibility index (Phi) is 5.35. The van der Waals surface area contributed by atoms with E-state index in [1.165, 1.54) is 0 Å². The number of hydrogen-bond donors (Lipinski definition) is 0. The van der Waals surface area contributed by atoms with Crippen LogP contribution in [0.4, 0.5) is 5.82 Å². The quantitative estimate of drug-likeness (QED) is 0.653. The number of piperazine rings is 1. The first kappa shape index (κ1) is 19.8. The molecule has 3 aromatic heterocycles. The molecular weight excluding hydrogens is 382 g/mol. The molecule has 0 unspecified atom stereocenters. The van der Waals surface area contributed by atoms with Crippen LogP contribution in [0.2, 0.25) is 0 Å². The minimum absolute atomic E-state index is 0.0196. The van der Waals surface area contributed by atoms with Gasteiger partial charge in [0.2, 0.25) is 5.88 Å². The average Bonchev–Trinajstić information content (AvgIpc) is 3.11. The van der Waals surface area contributed by atoms with Crippen LogP contribution in [0.25, 0.3) is 5.82 Å². The van der Waals surface area contributed by atoms with Gasteiger partial charge in [-0.15, -0.1) is 0 Å². The van der Waals surface area contributed by atoms with Crippen molar-refractivity contribution >= 4 is 11.7 Å². The molecule has 0 bridgehead atoms. The van der Waals surface area contributed by atoms with Crippen molar-refractivity contribution in [3.05, 3.63) is 53.5 Å². The first-order chi connectivity index (χ1) is 14.5. The number of pyridine rings is 1. The van der Waals surface area contributed by atoms with Gasteiger partial charge in [0, 0.05) is 50.2 Å². The van der Waals surface area contributed by atoms with Crippen LogP contribution >= 0.6 is 0 Å². The number of carbonyl (C=O) groups excluding carboxylic acids is 1. The van der Waals surface area contributed by atoms with E-state index in [1.807, 2.05) is 36.3 Å². The van der Waals surface area contributed by atoms with Crippen LogP contribution in [0.5, 0.6) is 5.88 Å². The number of anilines is 1. The van der Waals surface area contributed by atoms with Gasteiger partial charge in [-0.2, -0.15) is 0 Å². The van der Waals surface area contributed by atoms with Gasteiger partial charge in [0.1, 0.15) is 23.8 Å². The summed E-state index contributed by atoms with van der Waals surface area (Å²) in [5.41, 5.74) is 2.60. The lowest BCUT2D eigenvalue weighted by Crippen LogP contribution is -2.49. The van der Waals surface area contributed by atoms with Crippen molar-refractivity contribution in [2.45, 2.75) is 20.8 Å². The molecule has 0 N–H and O–H groups in total. The van der Waals surface area contributed by atoms with Gasteiger partial charge in [-0.1, -0.05) is 0 Å². The number of carbonyl (C=O) groups is 1. The summed E-state index contributed by atoms with van der Waals surface area (Å²) >= 11 is 0. The standard InChI is InChI=1S/C21H25N7O2/c1-14-15(2)28(13-23-14)19-11-18(24-16(3)25-19)26-7-9-27(10-8-26)21(29)17-5-6-20(30-4)22-12-17/h5-6,11-13H,7-10H2,1-4H3. The maximum atomic E-state index is 12.8. The zero-order valence-electron chi connectivity index (χ0n) is 17.7. The number of imidazole rings is 1. The number of nitrogens with zero attached hydrogens (tertiary/aromatic N) is 7. The summed E-state index contributed by atoms with van der Waals surface area (Å²) in [6.07, 6.45) is 3.35. The molecule has 3 aromatic rings. The Bertz CT molecular complexity index is 1050. The Morgan fingerprint density at radius 2 is 1.73 bits per heavy atom. The highest BCUT2D eigenvalue weighted by Crippen LogP contribution is 2.20. The van der Waals surface area contributed by atoms with Crippen molar-refractivity contribution in [3.63, 3.8) is 0 Å². The van der Waals surface area contributed by atoms with Gasteiger partial charge in [-0.3, -0.25) is 9.36 Å². The molecule has 0 spiro atoms. The smallest absolute Gasteiger partial charge is 0.255 e. The molecule has 0 aliphatic carbocycles. The minimum Gasteiger partial charge on any atom is -0.481 e. The fourth-order valence-electron chi connectivity index (χ4n) is 3.50.